The lowest BCUT2D eigenvalue weighted by Gasteiger charge is -2.17. The normalized spacial score (nSPS) is 14.4. The van der Waals surface area contributed by atoms with Crippen LogP contribution in [0.4, 0.5) is 0 Å². The Kier molecular flexibility index (Phi) is 4.70. The first kappa shape index (κ1) is 16.8. The van der Waals surface area contributed by atoms with E-state index >= 15 is 0 Å². The van der Waals surface area contributed by atoms with Crippen LogP contribution in [-0.4, -0.2) is 9.55 Å². The zero-order valence-electron chi connectivity index (χ0n) is 15.2. The second-order valence-electron chi connectivity index (χ2n) is 7.13. The van der Waals surface area contributed by atoms with Crippen molar-refractivity contribution >= 4 is 10.9 Å². The number of benzene rings is 2. The first-order valence-corrected chi connectivity index (χ1v) is 9.47. The van der Waals surface area contributed by atoms with Crippen molar-refractivity contribution in [3.8, 4) is 11.4 Å². The van der Waals surface area contributed by atoms with E-state index in [1.807, 2.05) is 28.8 Å². The highest BCUT2D eigenvalue weighted by Gasteiger charge is 2.13. The summed E-state index contributed by atoms with van der Waals surface area (Å²) in [7, 11) is 0. The van der Waals surface area contributed by atoms with E-state index in [1.165, 1.54) is 30.4 Å². The number of fused-ring (bicyclic) bond motifs is 1. The topological polar surface area (TPSA) is 34.9 Å². The predicted molar refractivity (Wildman–Crippen MR) is 107 cm³/mol. The second kappa shape index (κ2) is 7.28. The lowest BCUT2D eigenvalue weighted by atomic mass is 9.97. The number of rotatable bonds is 4. The van der Waals surface area contributed by atoms with Crippen molar-refractivity contribution in [2.24, 2.45) is 0 Å². The summed E-state index contributed by atoms with van der Waals surface area (Å²) in [6.07, 6.45) is 8.17. The molecule has 3 aromatic rings. The fourth-order valence-electron chi connectivity index (χ4n) is 3.69. The number of para-hydroxylation sites is 1. The minimum Gasteiger partial charge on any atom is -0.292 e. The maximum absolute atomic E-state index is 13.2. The third-order valence-corrected chi connectivity index (χ3v) is 5.21. The summed E-state index contributed by atoms with van der Waals surface area (Å²) >= 11 is 0. The molecule has 132 valence electrons. The minimum atomic E-state index is 0.0579. The van der Waals surface area contributed by atoms with Gasteiger partial charge in [0.05, 0.1) is 10.9 Å². The third-order valence-electron chi connectivity index (χ3n) is 5.21. The van der Waals surface area contributed by atoms with E-state index in [1.54, 1.807) is 0 Å². The first-order valence-electron chi connectivity index (χ1n) is 9.47. The molecule has 3 heteroatoms. The Morgan fingerprint density at radius 2 is 1.85 bits per heavy atom. The highest BCUT2D eigenvalue weighted by atomic mass is 16.1. The SMILES string of the molecule is Cc1ccc(-c2nc3ccccc3c(=O)n2CCC2=CCCCC2)cc1. The number of hydrogen-bond acceptors (Lipinski definition) is 2. The van der Waals surface area contributed by atoms with Gasteiger partial charge < -0.3 is 0 Å². The quantitative estimate of drug-likeness (QED) is 0.605. The van der Waals surface area contributed by atoms with Gasteiger partial charge in [-0.2, -0.15) is 0 Å². The summed E-state index contributed by atoms with van der Waals surface area (Å²) in [5.41, 5.74) is 4.50. The van der Waals surface area contributed by atoms with Crippen molar-refractivity contribution in [3.63, 3.8) is 0 Å². The maximum atomic E-state index is 13.2. The Morgan fingerprint density at radius 1 is 1.04 bits per heavy atom. The van der Waals surface area contributed by atoms with Crippen molar-refractivity contribution in [2.45, 2.75) is 45.6 Å². The van der Waals surface area contributed by atoms with Crippen LogP contribution >= 0.6 is 0 Å². The molecular formula is C23H24N2O. The minimum absolute atomic E-state index is 0.0579. The molecule has 1 aromatic heterocycles. The van der Waals surface area contributed by atoms with Crippen LogP contribution in [-0.2, 0) is 6.54 Å². The van der Waals surface area contributed by atoms with Gasteiger partial charge in [-0.15, -0.1) is 0 Å². The molecule has 0 atom stereocenters. The molecular weight excluding hydrogens is 320 g/mol. The molecule has 1 heterocycles. The molecule has 4 rings (SSSR count). The molecule has 1 aliphatic carbocycles. The van der Waals surface area contributed by atoms with Crippen LogP contribution in [0.3, 0.4) is 0 Å². The summed E-state index contributed by atoms with van der Waals surface area (Å²) in [4.78, 5) is 18.0. The molecule has 1 aliphatic rings. The van der Waals surface area contributed by atoms with E-state index in [-0.39, 0.29) is 5.56 Å². The first-order chi connectivity index (χ1) is 12.7. The zero-order chi connectivity index (χ0) is 17.9. The zero-order valence-corrected chi connectivity index (χ0v) is 15.2. The molecule has 0 spiro atoms. The van der Waals surface area contributed by atoms with Crippen LogP contribution in [0.25, 0.3) is 22.3 Å². The fraction of sp³-hybridized carbons (Fsp3) is 0.304. The van der Waals surface area contributed by atoms with Crippen molar-refractivity contribution in [1.29, 1.82) is 0 Å². The van der Waals surface area contributed by atoms with Crippen LogP contribution < -0.4 is 5.56 Å². The summed E-state index contributed by atoms with van der Waals surface area (Å²) in [6.45, 7) is 2.76. The van der Waals surface area contributed by atoms with E-state index in [2.05, 4.69) is 37.3 Å². The van der Waals surface area contributed by atoms with Gasteiger partial charge in [0.15, 0.2) is 0 Å². The lowest BCUT2D eigenvalue weighted by molar-refractivity contribution is 0.615. The van der Waals surface area contributed by atoms with E-state index < -0.39 is 0 Å². The largest absolute Gasteiger partial charge is 0.292 e. The molecule has 0 saturated carbocycles. The molecule has 3 nitrogen and oxygen atoms in total. The van der Waals surface area contributed by atoms with E-state index in [0.29, 0.717) is 11.9 Å². The number of aromatic nitrogens is 2. The Labute approximate surface area is 154 Å². The van der Waals surface area contributed by atoms with E-state index in [4.69, 9.17) is 4.98 Å². The average molecular weight is 344 g/mol. The van der Waals surface area contributed by atoms with Gasteiger partial charge in [-0.3, -0.25) is 9.36 Å². The predicted octanol–water partition coefficient (Wildman–Crippen LogP) is 5.26. The molecule has 0 bridgehead atoms. The van der Waals surface area contributed by atoms with Gasteiger partial charge in [-0.25, -0.2) is 4.98 Å². The van der Waals surface area contributed by atoms with Gasteiger partial charge >= 0.3 is 0 Å². The van der Waals surface area contributed by atoms with Crippen LogP contribution in [0.2, 0.25) is 0 Å². The number of hydrogen-bond donors (Lipinski definition) is 0. The summed E-state index contributed by atoms with van der Waals surface area (Å²) < 4.78 is 1.86. The second-order valence-corrected chi connectivity index (χ2v) is 7.13. The maximum Gasteiger partial charge on any atom is 0.261 e. The van der Waals surface area contributed by atoms with Gasteiger partial charge in [0.25, 0.3) is 5.56 Å². The van der Waals surface area contributed by atoms with Crippen LogP contribution in [0.5, 0.6) is 0 Å². The van der Waals surface area contributed by atoms with Gasteiger partial charge in [0.2, 0.25) is 0 Å². The van der Waals surface area contributed by atoms with E-state index in [0.717, 1.165) is 29.7 Å². The fourth-order valence-corrected chi connectivity index (χ4v) is 3.69. The lowest BCUT2D eigenvalue weighted by Crippen LogP contribution is -2.24. The van der Waals surface area contributed by atoms with Gasteiger partial charge in [-0.1, -0.05) is 53.6 Å². The molecule has 26 heavy (non-hydrogen) atoms. The van der Waals surface area contributed by atoms with Gasteiger partial charge in [0, 0.05) is 12.1 Å². The molecule has 0 saturated heterocycles. The number of aryl methyl sites for hydroxylation is 1. The smallest absolute Gasteiger partial charge is 0.261 e. The van der Waals surface area contributed by atoms with Crippen molar-refractivity contribution < 1.29 is 0 Å². The molecule has 0 radical (unpaired) electrons. The van der Waals surface area contributed by atoms with Crippen LogP contribution in [0.15, 0.2) is 65.0 Å². The Morgan fingerprint density at radius 3 is 2.62 bits per heavy atom. The molecule has 0 fully saturated rings. The monoisotopic (exact) mass is 344 g/mol. The van der Waals surface area contributed by atoms with E-state index in [9.17, 15) is 4.79 Å². The van der Waals surface area contributed by atoms with Gasteiger partial charge in [0.1, 0.15) is 5.82 Å². The Hall–Kier alpha value is -2.68. The van der Waals surface area contributed by atoms with Crippen LogP contribution in [0, 0.1) is 6.92 Å². The third kappa shape index (κ3) is 3.34. The van der Waals surface area contributed by atoms with Crippen molar-refractivity contribution in [2.75, 3.05) is 0 Å². The van der Waals surface area contributed by atoms with Crippen LogP contribution in [0.1, 0.15) is 37.7 Å². The standard InChI is InChI=1S/C23H24N2O/c1-17-11-13-19(14-12-17)22-24-21-10-6-5-9-20(21)23(26)25(22)16-15-18-7-3-2-4-8-18/h5-7,9-14H,2-4,8,15-16H2,1H3. The molecule has 0 N–H and O–H groups in total. The molecule has 0 amide bonds. The molecule has 0 aliphatic heterocycles. The number of allylic oxidation sites excluding steroid dienone is 2. The Bertz CT molecular complexity index is 1010. The summed E-state index contributed by atoms with van der Waals surface area (Å²) in [5, 5.41) is 0.695. The Balaban J connectivity index is 1.81. The highest BCUT2D eigenvalue weighted by Crippen LogP contribution is 2.23. The summed E-state index contributed by atoms with van der Waals surface area (Å²) in [5.74, 6) is 0.769. The summed E-state index contributed by atoms with van der Waals surface area (Å²) in [6, 6.07) is 15.9. The van der Waals surface area contributed by atoms with Crippen molar-refractivity contribution in [1.82, 2.24) is 9.55 Å². The average Bonchev–Trinajstić information content (AvgIpc) is 2.69. The molecule has 0 unspecified atom stereocenters. The number of nitrogens with zero attached hydrogens (tertiary/aromatic N) is 2. The molecule has 2 aromatic carbocycles. The van der Waals surface area contributed by atoms with Crippen molar-refractivity contribution in [3.05, 3.63) is 76.1 Å². The highest BCUT2D eigenvalue weighted by molar-refractivity contribution is 5.79. The van der Waals surface area contributed by atoms with Gasteiger partial charge in [-0.05, 0) is 51.2 Å².